The van der Waals surface area contributed by atoms with Gasteiger partial charge in [0.05, 0.1) is 0 Å². The van der Waals surface area contributed by atoms with Crippen molar-refractivity contribution in [3.8, 4) is 0 Å². The Labute approximate surface area is 136 Å². The number of aromatic nitrogens is 2. The molecule has 23 heavy (non-hydrogen) atoms. The van der Waals surface area contributed by atoms with Crippen LogP contribution in [0, 0.1) is 0 Å². The summed E-state index contributed by atoms with van der Waals surface area (Å²) in [6.07, 6.45) is 2.15. The Kier molecular flexibility index (Phi) is 4.55. The number of nitrogens with one attached hydrogen (secondary N) is 1. The number of anilines is 2. The summed E-state index contributed by atoms with van der Waals surface area (Å²) in [6, 6.07) is 11.7. The van der Waals surface area contributed by atoms with Crippen LogP contribution >= 0.6 is 0 Å². The van der Waals surface area contributed by atoms with Crippen LogP contribution in [-0.2, 0) is 0 Å². The second-order valence-corrected chi connectivity index (χ2v) is 6.17. The van der Waals surface area contributed by atoms with Crippen molar-refractivity contribution in [2.24, 2.45) is 0 Å². The number of benzene rings is 1. The first-order valence-electron chi connectivity index (χ1n) is 8.14. The molecular formula is C18H22N4O. The van der Waals surface area contributed by atoms with Gasteiger partial charge in [-0.05, 0) is 42.5 Å². The average molecular weight is 310 g/mol. The molecule has 5 heteroatoms. The van der Waals surface area contributed by atoms with Crippen molar-refractivity contribution in [1.82, 2.24) is 15.1 Å². The lowest BCUT2D eigenvalue weighted by atomic mass is 10.0. The highest BCUT2D eigenvalue weighted by atomic mass is 16.2. The van der Waals surface area contributed by atoms with Crippen LogP contribution < -0.4 is 5.32 Å². The zero-order valence-corrected chi connectivity index (χ0v) is 13.6. The van der Waals surface area contributed by atoms with E-state index in [2.05, 4.69) is 35.4 Å². The van der Waals surface area contributed by atoms with Crippen LogP contribution in [0.25, 0.3) is 0 Å². The van der Waals surface area contributed by atoms with Crippen LogP contribution in [0.5, 0.6) is 0 Å². The summed E-state index contributed by atoms with van der Waals surface area (Å²) >= 11 is 0. The van der Waals surface area contributed by atoms with Gasteiger partial charge >= 0.3 is 0 Å². The van der Waals surface area contributed by atoms with Gasteiger partial charge in [0.1, 0.15) is 0 Å². The molecule has 1 aliphatic heterocycles. The Morgan fingerprint density at radius 1 is 1.09 bits per heavy atom. The van der Waals surface area contributed by atoms with E-state index in [1.54, 1.807) is 6.07 Å². The van der Waals surface area contributed by atoms with Crippen LogP contribution in [0.3, 0.4) is 0 Å². The standard InChI is InChI=1S/C18H22N4O/c1-13(2)14-7-3-4-8-15(14)19-17-10-9-16(20-21-17)18(23)22-11-5-6-12-22/h3-4,7-10,13H,5-6,11-12H2,1-2H3,(H,19,21). The molecule has 5 nitrogen and oxygen atoms in total. The second kappa shape index (κ2) is 6.77. The van der Waals surface area contributed by atoms with Gasteiger partial charge in [-0.3, -0.25) is 4.79 Å². The summed E-state index contributed by atoms with van der Waals surface area (Å²) in [5.41, 5.74) is 2.66. The minimum Gasteiger partial charge on any atom is -0.338 e. The molecule has 1 aromatic carbocycles. The highest BCUT2D eigenvalue weighted by Crippen LogP contribution is 2.26. The molecule has 0 unspecified atom stereocenters. The van der Waals surface area contributed by atoms with E-state index >= 15 is 0 Å². The zero-order valence-electron chi connectivity index (χ0n) is 13.6. The molecule has 0 bridgehead atoms. The minimum absolute atomic E-state index is 0.0240. The largest absolute Gasteiger partial charge is 0.338 e. The van der Waals surface area contributed by atoms with Gasteiger partial charge in [-0.25, -0.2) is 0 Å². The SMILES string of the molecule is CC(C)c1ccccc1Nc1ccc(C(=O)N2CCCC2)nn1. The van der Waals surface area contributed by atoms with E-state index in [1.165, 1.54) is 5.56 Å². The number of amides is 1. The predicted octanol–water partition coefficient (Wildman–Crippen LogP) is 3.58. The maximum atomic E-state index is 12.3. The first-order valence-corrected chi connectivity index (χ1v) is 8.14. The van der Waals surface area contributed by atoms with Crippen LogP contribution in [0.2, 0.25) is 0 Å². The smallest absolute Gasteiger partial charge is 0.274 e. The topological polar surface area (TPSA) is 58.1 Å². The van der Waals surface area contributed by atoms with Crippen LogP contribution in [0.4, 0.5) is 11.5 Å². The van der Waals surface area contributed by atoms with Gasteiger partial charge in [-0.15, -0.1) is 10.2 Å². The lowest BCUT2D eigenvalue weighted by Gasteiger charge is -2.15. The lowest BCUT2D eigenvalue weighted by Crippen LogP contribution is -2.28. The van der Waals surface area contributed by atoms with Gasteiger partial charge in [-0.1, -0.05) is 32.0 Å². The van der Waals surface area contributed by atoms with Gasteiger partial charge in [0, 0.05) is 18.8 Å². The van der Waals surface area contributed by atoms with Crippen LogP contribution in [0.15, 0.2) is 36.4 Å². The third-order valence-corrected chi connectivity index (χ3v) is 4.12. The third kappa shape index (κ3) is 3.50. The van der Waals surface area contributed by atoms with E-state index in [0.717, 1.165) is 31.6 Å². The molecule has 1 saturated heterocycles. The van der Waals surface area contributed by atoms with E-state index in [-0.39, 0.29) is 5.91 Å². The Bertz CT molecular complexity index is 676. The number of hydrogen-bond acceptors (Lipinski definition) is 4. The van der Waals surface area contributed by atoms with E-state index < -0.39 is 0 Å². The summed E-state index contributed by atoms with van der Waals surface area (Å²) in [5.74, 6) is 1.04. The van der Waals surface area contributed by atoms with Crippen molar-refractivity contribution in [3.63, 3.8) is 0 Å². The third-order valence-electron chi connectivity index (χ3n) is 4.12. The normalized spacial score (nSPS) is 14.3. The van der Waals surface area contributed by atoms with Crippen LogP contribution in [-0.4, -0.2) is 34.1 Å². The van der Waals surface area contributed by atoms with Gasteiger partial charge in [0.15, 0.2) is 11.5 Å². The zero-order chi connectivity index (χ0) is 16.2. The number of nitrogens with zero attached hydrogens (tertiary/aromatic N) is 3. The molecule has 3 rings (SSSR count). The monoisotopic (exact) mass is 310 g/mol. The van der Waals surface area contributed by atoms with E-state index in [0.29, 0.717) is 17.4 Å². The molecule has 1 N–H and O–H groups in total. The molecular weight excluding hydrogens is 288 g/mol. The van der Waals surface area contributed by atoms with Gasteiger partial charge < -0.3 is 10.2 Å². The van der Waals surface area contributed by atoms with E-state index in [1.807, 2.05) is 29.2 Å². The molecule has 2 aromatic rings. The maximum Gasteiger partial charge on any atom is 0.274 e. The number of para-hydroxylation sites is 1. The average Bonchev–Trinajstić information content (AvgIpc) is 3.10. The minimum atomic E-state index is -0.0240. The number of carbonyl (C=O) groups excluding carboxylic acids is 1. The maximum absolute atomic E-state index is 12.3. The Balaban J connectivity index is 1.74. The van der Waals surface area contributed by atoms with Crippen molar-refractivity contribution in [1.29, 1.82) is 0 Å². The van der Waals surface area contributed by atoms with Gasteiger partial charge in [-0.2, -0.15) is 0 Å². The first-order chi connectivity index (χ1) is 11.1. The fourth-order valence-corrected chi connectivity index (χ4v) is 2.85. The number of likely N-dealkylation sites (tertiary alicyclic amines) is 1. The van der Waals surface area contributed by atoms with Crippen molar-refractivity contribution in [2.75, 3.05) is 18.4 Å². The van der Waals surface area contributed by atoms with Crippen molar-refractivity contribution in [3.05, 3.63) is 47.7 Å². The molecule has 0 radical (unpaired) electrons. The summed E-state index contributed by atoms with van der Waals surface area (Å²) < 4.78 is 0. The summed E-state index contributed by atoms with van der Waals surface area (Å²) in [5, 5.41) is 11.5. The fourth-order valence-electron chi connectivity index (χ4n) is 2.85. The van der Waals surface area contributed by atoms with Crippen molar-refractivity contribution in [2.45, 2.75) is 32.6 Å². The Hall–Kier alpha value is -2.43. The van der Waals surface area contributed by atoms with Gasteiger partial charge in [0.25, 0.3) is 5.91 Å². The number of carbonyl (C=O) groups is 1. The summed E-state index contributed by atoms with van der Waals surface area (Å²) in [7, 11) is 0. The molecule has 1 aromatic heterocycles. The van der Waals surface area contributed by atoms with Crippen molar-refractivity contribution < 1.29 is 4.79 Å². The fraction of sp³-hybridized carbons (Fsp3) is 0.389. The lowest BCUT2D eigenvalue weighted by molar-refractivity contribution is 0.0786. The second-order valence-electron chi connectivity index (χ2n) is 6.17. The highest BCUT2D eigenvalue weighted by molar-refractivity contribution is 5.92. The molecule has 0 aliphatic carbocycles. The molecule has 1 fully saturated rings. The Morgan fingerprint density at radius 3 is 2.48 bits per heavy atom. The van der Waals surface area contributed by atoms with Gasteiger partial charge in [0.2, 0.25) is 0 Å². The highest BCUT2D eigenvalue weighted by Gasteiger charge is 2.20. The predicted molar refractivity (Wildman–Crippen MR) is 91.0 cm³/mol. The molecule has 2 heterocycles. The summed E-state index contributed by atoms with van der Waals surface area (Å²) in [6.45, 7) is 5.96. The van der Waals surface area contributed by atoms with E-state index in [4.69, 9.17) is 0 Å². The molecule has 0 spiro atoms. The number of hydrogen-bond donors (Lipinski definition) is 1. The molecule has 1 aliphatic rings. The van der Waals surface area contributed by atoms with E-state index in [9.17, 15) is 4.79 Å². The van der Waals surface area contributed by atoms with Crippen LogP contribution in [0.1, 0.15) is 48.7 Å². The molecule has 120 valence electrons. The molecule has 0 saturated carbocycles. The number of rotatable bonds is 4. The van der Waals surface area contributed by atoms with Crippen molar-refractivity contribution >= 4 is 17.4 Å². The molecule has 0 atom stereocenters. The quantitative estimate of drug-likeness (QED) is 0.937. The molecule has 1 amide bonds. The summed E-state index contributed by atoms with van der Waals surface area (Å²) in [4.78, 5) is 14.1. The first kappa shape index (κ1) is 15.5. The Morgan fingerprint density at radius 2 is 1.83 bits per heavy atom.